The van der Waals surface area contributed by atoms with Gasteiger partial charge < -0.3 is 10.0 Å². The third kappa shape index (κ3) is 2.46. The van der Waals surface area contributed by atoms with Crippen molar-refractivity contribution in [3.8, 4) is 0 Å². The number of rotatable bonds is 4. The van der Waals surface area contributed by atoms with E-state index in [0.717, 1.165) is 6.08 Å². The van der Waals surface area contributed by atoms with Crippen molar-refractivity contribution in [1.82, 2.24) is 4.90 Å². The Balaban J connectivity index is 3.91. The predicted molar refractivity (Wildman–Crippen MR) is 39.2 cm³/mol. The number of amides is 1. The summed E-state index contributed by atoms with van der Waals surface area (Å²) >= 11 is 0. The quantitative estimate of drug-likeness (QED) is 0.343. The number of aliphatic hydroxyl groups is 1. The lowest BCUT2D eigenvalue weighted by Gasteiger charge is -2.14. The number of nitrogens with zero attached hydrogens (tertiary/aromatic N) is 1. The average Bonchev–Trinajstić information content (AvgIpc) is 1.99. The second-order valence-electron chi connectivity index (χ2n) is 1.69. The van der Waals surface area contributed by atoms with E-state index < -0.39 is 0 Å². The van der Waals surface area contributed by atoms with E-state index in [0.29, 0.717) is 6.54 Å². The van der Waals surface area contributed by atoms with Crippen molar-refractivity contribution in [2.75, 3.05) is 13.3 Å². The molecule has 0 aliphatic heterocycles. The molecule has 0 saturated heterocycles. The SMILES string of the molecule is C=CCN(CO)C(=O)C=C. The van der Waals surface area contributed by atoms with Gasteiger partial charge in [-0.3, -0.25) is 4.79 Å². The van der Waals surface area contributed by atoms with Crippen LogP contribution in [0, 0.1) is 0 Å². The summed E-state index contributed by atoms with van der Waals surface area (Å²) < 4.78 is 0. The lowest BCUT2D eigenvalue weighted by molar-refractivity contribution is -0.128. The van der Waals surface area contributed by atoms with Gasteiger partial charge in [0.15, 0.2) is 0 Å². The Morgan fingerprint density at radius 1 is 1.60 bits per heavy atom. The van der Waals surface area contributed by atoms with E-state index in [2.05, 4.69) is 13.2 Å². The molecule has 0 spiro atoms. The summed E-state index contributed by atoms with van der Waals surface area (Å²) in [6.07, 6.45) is 2.69. The topological polar surface area (TPSA) is 40.5 Å². The molecule has 3 nitrogen and oxygen atoms in total. The van der Waals surface area contributed by atoms with Crippen molar-refractivity contribution < 1.29 is 9.90 Å². The molecule has 0 bridgehead atoms. The van der Waals surface area contributed by atoms with Crippen LogP contribution < -0.4 is 0 Å². The summed E-state index contributed by atoms with van der Waals surface area (Å²) in [5.41, 5.74) is 0. The van der Waals surface area contributed by atoms with Gasteiger partial charge in [-0.2, -0.15) is 0 Å². The van der Waals surface area contributed by atoms with Gasteiger partial charge in [0.1, 0.15) is 6.73 Å². The molecule has 1 N–H and O–H groups in total. The number of carbonyl (C=O) groups excluding carboxylic acids is 1. The molecule has 0 aromatic heterocycles. The minimum atomic E-state index is -0.295. The molecule has 0 aromatic rings. The summed E-state index contributed by atoms with van der Waals surface area (Å²) in [5.74, 6) is -0.289. The van der Waals surface area contributed by atoms with E-state index in [1.165, 1.54) is 11.0 Å². The number of carbonyl (C=O) groups is 1. The Morgan fingerprint density at radius 3 is 2.50 bits per heavy atom. The first-order valence-electron chi connectivity index (χ1n) is 2.89. The Kier molecular flexibility index (Phi) is 4.24. The van der Waals surface area contributed by atoms with E-state index in [1.54, 1.807) is 0 Å². The second-order valence-corrected chi connectivity index (χ2v) is 1.69. The highest BCUT2D eigenvalue weighted by atomic mass is 16.3. The average molecular weight is 141 g/mol. The normalized spacial score (nSPS) is 8.50. The molecule has 0 fully saturated rings. The highest BCUT2D eigenvalue weighted by molar-refractivity contribution is 5.86. The van der Waals surface area contributed by atoms with Gasteiger partial charge in [0, 0.05) is 6.54 Å². The minimum absolute atomic E-state index is 0.289. The van der Waals surface area contributed by atoms with Crippen LogP contribution in [0.15, 0.2) is 25.3 Å². The van der Waals surface area contributed by atoms with Crippen LogP contribution in [0.4, 0.5) is 0 Å². The fourth-order valence-corrected chi connectivity index (χ4v) is 0.502. The first kappa shape index (κ1) is 8.91. The maximum absolute atomic E-state index is 10.7. The van der Waals surface area contributed by atoms with Crippen LogP contribution in [0.25, 0.3) is 0 Å². The van der Waals surface area contributed by atoms with Crippen molar-refractivity contribution in [1.29, 1.82) is 0 Å². The van der Waals surface area contributed by atoms with Crippen LogP contribution >= 0.6 is 0 Å². The van der Waals surface area contributed by atoms with Gasteiger partial charge in [-0.25, -0.2) is 0 Å². The Morgan fingerprint density at radius 2 is 2.20 bits per heavy atom. The van der Waals surface area contributed by atoms with E-state index in [1.807, 2.05) is 0 Å². The monoisotopic (exact) mass is 141 g/mol. The second kappa shape index (κ2) is 4.76. The van der Waals surface area contributed by atoms with Gasteiger partial charge in [-0.15, -0.1) is 6.58 Å². The molecular formula is C7H11NO2. The van der Waals surface area contributed by atoms with Crippen molar-refractivity contribution in [3.63, 3.8) is 0 Å². The lowest BCUT2D eigenvalue weighted by atomic mass is 10.5. The highest BCUT2D eigenvalue weighted by Crippen LogP contribution is 1.87. The molecular weight excluding hydrogens is 130 g/mol. The van der Waals surface area contributed by atoms with Crippen LogP contribution in [0.5, 0.6) is 0 Å². The van der Waals surface area contributed by atoms with Crippen molar-refractivity contribution in [3.05, 3.63) is 25.3 Å². The first-order chi connectivity index (χ1) is 4.76. The Labute approximate surface area is 60.3 Å². The van der Waals surface area contributed by atoms with Crippen molar-refractivity contribution in [2.24, 2.45) is 0 Å². The summed E-state index contributed by atoms with van der Waals surface area (Å²) in [5, 5.41) is 8.57. The fourth-order valence-electron chi connectivity index (χ4n) is 0.502. The molecule has 10 heavy (non-hydrogen) atoms. The molecule has 0 aromatic carbocycles. The summed E-state index contributed by atoms with van der Waals surface area (Å²) in [4.78, 5) is 11.9. The maximum Gasteiger partial charge on any atom is 0.248 e. The Hall–Kier alpha value is -1.09. The highest BCUT2D eigenvalue weighted by Gasteiger charge is 2.04. The molecule has 0 radical (unpaired) electrons. The molecule has 0 aliphatic rings. The van der Waals surface area contributed by atoms with E-state index >= 15 is 0 Å². The third-order valence-electron chi connectivity index (χ3n) is 1.01. The van der Waals surface area contributed by atoms with Crippen LogP contribution in [0.2, 0.25) is 0 Å². The zero-order valence-corrected chi connectivity index (χ0v) is 5.79. The van der Waals surface area contributed by atoms with Gasteiger partial charge in [0.05, 0.1) is 0 Å². The molecule has 56 valence electrons. The molecule has 0 aliphatic carbocycles. The van der Waals surface area contributed by atoms with E-state index in [9.17, 15) is 4.79 Å². The zero-order valence-electron chi connectivity index (χ0n) is 5.79. The molecule has 0 rings (SSSR count). The Bertz CT molecular complexity index is 143. The third-order valence-corrected chi connectivity index (χ3v) is 1.01. The number of hydrogen-bond donors (Lipinski definition) is 1. The molecule has 0 atom stereocenters. The number of hydrogen-bond acceptors (Lipinski definition) is 2. The van der Waals surface area contributed by atoms with E-state index in [4.69, 9.17) is 5.11 Å². The van der Waals surface area contributed by atoms with Crippen molar-refractivity contribution >= 4 is 5.91 Å². The molecule has 0 heterocycles. The molecule has 0 saturated carbocycles. The minimum Gasteiger partial charge on any atom is -0.376 e. The van der Waals surface area contributed by atoms with Crippen LogP contribution in [-0.4, -0.2) is 29.2 Å². The largest absolute Gasteiger partial charge is 0.376 e. The number of aliphatic hydroxyl groups excluding tert-OH is 1. The van der Waals surface area contributed by atoms with Crippen molar-refractivity contribution in [2.45, 2.75) is 0 Å². The van der Waals surface area contributed by atoms with Gasteiger partial charge in [-0.05, 0) is 6.08 Å². The smallest absolute Gasteiger partial charge is 0.248 e. The summed E-state index contributed by atoms with van der Waals surface area (Å²) in [7, 11) is 0. The van der Waals surface area contributed by atoms with Crippen LogP contribution in [-0.2, 0) is 4.79 Å². The molecule has 3 heteroatoms. The molecule has 0 unspecified atom stereocenters. The predicted octanol–water partition coefficient (Wildman–Crippen LogP) is 0.137. The van der Waals surface area contributed by atoms with E-state index in [-0.39, 0.29) is 12.6 Å². The first-order valence-corrected chi connectivity index (χ1v) is 2.89. The van der Waals surface area contributed by atoms with Gasteiger partial charge in [-0.1, -0.05) is 12.7 Å². The van der Waals surface area contributed by atoms with Gasteiger partial charge in [0.2, 0.25) is 5.91 Å². The maximum atomic E-state index is 10.7. The standard InChI is InChI=1S/C7H11NO2/c1-3-5-8(6-9)7(10)4-2/h3-4,9H,1-2,5-6H2. The fraction of sp³-hybridized carbons (Fsp3) is 0.286. The summed E-state index contributed by atoms with van der Waals surface area (Å²) in [6.45, 7) is 6.75. The van der Waals surface area contributed by atoms with Gasteiger partial charge >= 0.3 is 0 Å². The lowest BCUT2D eigenvalue weighted by Crippen LogP contribution is -2.30. The summed E-state index contributed by atoms with van der Waals surface area (Å²) in [6, 6.07) is 0. The van der Waals surface area contributed by atoms with Gasteiger partial charge in [0.25, 0.3) is 0 Å². The van der Waals surface area contributed by atoms with Crippen LogP contribution in [0.3, 0.4) is 0 Å². The van der Waals surface area contributed by atoms with Crippen LogP contribution in [0.1, 0.15) is 0 Å². The molecule has 1 amide bonds. The zero-order chi connectivity index (χ0) is 7.98.